The first-order valence-corrected chi connectivity index (χ1v) is 7.10. The van der Waals surface area contributed by atoms with Gasteiger partial charge in [-0.05, 0) is 43.2 Å². The van der Waals surface area contributed by atoms with Crippen LogP contribution >= 0.6 is 11.8 Å². The zero-order chi connectivity index (χ0) is 13.7. The summed E-state index contributed by atoms with van der Waals surface area (Å²) in [5, 5.41) is 18.7. The molecule has 2 rings (SSSR count). The van der Waals surface area contributed by atoms with E-state index in [9.17, 15) is 10.2 Å². The Bertz CT molecular complexity index is 510. The molecular formula is C16H18O2S. The SMILES string of the molecule is CC(CCO)(Sc1ccc(O)cc1)c1ccccc1. The molecule has 2 nitrogen and oxygen atoms in total. The molecule has 0 spiro atoms. The molecule has 0 radical (unpaired) electrons. The van der Waals surface area contributed by atoms with Crippen molar-refractivity contribution in [2.45, 2.75) is 23.0 Å². The highest BCUT2D eigenvalue weighted by molar-refractivity contribution is 8.00. The molecule has 0 aromatic heterocycles. The van der Waals surface area contributed by atoms with Crippen molar-refractivity contribution in [1.29, 1.82) is 0 Å². The largest absolute Gasteiger partial charge is 0.508 e. The van der Waals surface area contributed by atoms with Gasteiger partial charge in [-0.15, -0.1) is 11.8 Å². The van der Waals surface area contributed by atoms with Gasteiger partial charge in [0.15, 0.2) is 0 Å². The van der Waals surface area contributed by atoms with Crippen LogP contribution in [0.3, 0.4) is 0 Å². The number of aliphatic hydroxyl groups excluding tert-OH is 1. The first kappa shape index (κ1) is 14.0. The lowest BCUT2D eigenvalue weighted by molar-refractivity contribution is 0.272. The Labute approximate surface area is 118 Å². The minimum Gasteiger partial charge on any atom is -0.508 e. The van der Waals surface area contributed by atoms with Gasteiger partial charge in [-0.3, -0.25) is 0 Å². The molecule has 0 aliphatic carbocycles. The van der Waals surface area contributed by atoms with Crippen molar-refractivity contribution in [2.75, 3.05) is 6.61 Å². The topological polar surface area (TPSA) is 40.5 Å². The molecule has 1 unspecified atom stereocenters. The minimum atomic E-state index is -0.174. The van der Waals surface area contributed by atoms with E-state index in [1.54, 1.807) is 23.9 Å². The number of thioether (sulfide) groups is 1. The van der Waals surface area contributed by atoms with E-state index in [-0.39, 0.29) is 17.1 Å². The van der Waals surface area contributed by atoms with E-state index in [0.29, 0.717) is 6.42 Å². The summed E-state index contributed by atoms with van der Waals surface area (Å²) >= 11 is 1.71. The van der Waals surface area contributed by atoms with Crippen LogP contribution in [0.25, 0.3) is 0 Å². The molecule has 0 saturated carbocycles. The smallest absolute Gasteiger partial charge is 0.115 e. The second-order valence-corrected chi connectivity index (χ2v) is 6.24. The Hall–Kier alpha value is -1.45. The van der Waals surface area contributed by atoms with E-state index in [4.69, 9.17) is 0 Å². The summed E-state index contributed by atoms with van der Waals surface area (Å²) in [7, 11) is 0. The van der Waals surface area contributed by atoms with Gasteiger partial charge in [0.1, 0.15) is 5.75 Å². The van der Waals surface area contributed by atoms with Crippen LogP contribution in [0, 0.1) is 0 Å². The molecule has 0 fully saturated rings. The molecule has 0 aliphatic heterocycles. The van der Waals surface area contributed by atoms with Gasteiger partial charge in [-0.2, -0.15) is 0 Å². The molecule has 19 heavy (non-hydrogen) atoms. The average molecular weight is 274 g/mol. The lowest BCUT2D eigenvalue weighted by atomic mass is 9.97. The highest BCUT2D eigenvalue weighted by Gasteiger charge is 2.27. The van der Waals surface area contributed by atoms with Crippen LogP contribution in [0.1, 0.15) is 18.9 Å². The van der Waals surface area contributed by atoms with Gasteiger partial charge in [-0.25, -0.2) is 0 Å². The monoisotopic (exact) mass is 274 g/mol. The fourth-order valence-electron chi connectivity index (χ4n) is 2.03. The molecule has 1 atom stereocenters. The molecule has 100 valence electrons. The Morgan fingerprint density at radius 2 is 1.63 bits per heavy atom. The highest BCUT2D eigenvalue weighted by atomic mass is 32.2. The number of benzene rings is 2. The van der Waals surface area contributed by atoms with Gasteiger partial charge in [0.2, 0.25) is 0 Å². The van der Waals surface area contributed by atoms with Gasteiger partial charge in [0.25, 0.3) is 0 Å². The number of hydrogen-bond donors (Lipinski definition) is 2. The van der Waals surface area contributed by atoms with Crippen LogP contribution in [0.2, 0.25) is 0 Å². The molecule has 0 bridgehead atoms. The summed E-state index contributed by atoms with van der Waals surface area (Å²) in [6.07, 6.45) is 0.683. The molecule has 2 aromatic rings. The Kier molecular flexibility index (Phi) is 4.51. The van der Waals surface area contributed by atoms with Gasteiger partial charge in [-0.1, -0.05) is 30.3 Å². The molecule has 0 saturated heterocycles. The van der Waals surface area contributed by atoms with Crippen LogP contribution in [-0.4, -0.2) is 16.8 Å². The van der Waals surface area contributed by atoms with Crippen molar-refractivity contribution < 1.29 is 10.2 Å². The molecule has 2 N–H and O–H groups in total. The first-order chi connectivity index (χ1) is 9.14. The first-order valence-electron chi connectivity index (χ1n) is 6.28. The third-order valence-corrected chi connectivity index (χ3v) is 4.55. The molecule has 2 aromatic carbocycles. The quantitative estimate of drug-likeness (QED) is 0.815. The predicted molar refractivity (Wildman–Crippen MR) is 79.5 cm³/mol. The lowest BCUT2D eigenvalue weighted by Crippen LogP contribution is -2.19. The average Bonchev–Trinajstić information content (AvgIpc) is 2.43. The van der Waals surface area contributed by atoms with Gasteiger partial charge < -0.3 is 10.2 Å². The van der Waals surface area contributed by atoms with Gasteiger partial charge in [0, 0.05) is 16.2 Å². The van der Waals surface area contributed by atoms with Crippen molar-refractivity contribution >= 4 is 11.8 Å². The van der Waals surface area contributed by atoms with E-state index in [1.165, 1.54) is 5.56 Å². The fraction of sp³-hybridized carbons (Fsp3) is 0.250. The molecular weight excluding hydrogens is 256 g/mol. The van der Waals surface area contributed by atoms with Gasteiger partial charge >= 0.3 is 0 Å². The zero-order valence-electron chi connectivity index (χ0n) is 10.9. The van der Waals surface area contributed by atoms with E-state index >= 15 is 0 Å². The van der Waals surface area contributed by atoms with Crippen molar-refractivity contribution in [2.24, 2.45) is 0 Å². The standard InChI is InChI=1S/C16H18O2S/c1-16(11-12-17,13-5-3-2-4-6-13)19-15-9-7-14(18)8-10-15/h2-10,17-18H,11-12H2,1H3. The molecule has 0 aliphatic rings. The van der Waals surface area contributed by atoms with Crippen LogP contribution < -0.4 is 0 Å². The lowest BCUT2D eigenvalue weighted by Gasteiger charge is -2.29. The maximum Gasteiger partial charge on any atom is 0.115 e. The van der Waals surface area contributed by atoms with Crippen molar-refractivity contribution in [3.63, 3.8) is 0 Å². The highest BCUT2D eigenvalue weighted by Crippen LogP contribution is 2.43. The number of rotatable bonds is 5. The van der Waals surface area contributed by atoms with Crippen LogP contribution in [-0.2, 0) is 4.75 Å². The minimum absolute atomic E-state index is 0.149. The maximum atomic E-state index is 9.33. The summed E-state index contributed by atoms with van der Waals surface area (Å²) in [5.74, 6) is 0.271. The summed E-state index contributed by atoms with van der Waals surface area (Å²) in [6, 6.07) is 17.4. The molecule has 0 amide bonds. The molecule has 0 heterocycles. The van der Waals surface area contributed by atoms with Crippen LogP contribution in [0.4, 0.5) is 0 Å². The third-order valence-electron chi connectivity index (χ3n) is 3.15. The number of phenols is 1. The summed E-state index contributed by atoms with van der Waals surface area (Å²) < 4.78 is -0.174. The second kappa shape index (κ2) is 6.13. The Balaban J connectivity index is 2.27. The molecule has 3 heteroatoms. The number of aromatic hydroxyl groups is 1. The van der Waals surface area contributed by atoms with Crippen molar-refractivity contribution in [1.82, 2.24) is 0 Å². The normalized spacial score (nSPS) is 14.0. The van der Waals surface area contributed by atoms with Crippen molar-refractivity contribution in [3.8, 4) is 5.75 Å². The van der Waals surface area contributed by atoms with Crippen LogP contribution in [0.15, 0.2) is 59.5 Å². The van der Waals surface area contributed by atoms with Crippen LogP contribution in [0.5, 0.6) is 5.75 Å². The predicted octanol–water partition coefficient (Wildman–Crippen LogP) is 3.78. The van der Waals surface area contributed by atoms with E-state index in [2.05, 4.69) is 19.1 Å². The van der Waals surface area contributed by atoms with E-state index in [1.807, 2.05) is 30.3 Å². The van der Waals surface area contributed by atoms with Gasteiger partial charge in [0.05, 0.1) is 0 Å². The number of aliphatic hydroxyl groups is 1. The number of hydrogen-bond acceptors (Lipinski definition) is 3. The Morgan fingerprint density at radius 1 is 1.00 bits per heavy atom. The third kappa shape index (κ3) is 3.52. The number of phenolic OH excluding ortho intramolecular Hbond substituents is 1. The summed E-state index contributed by atoms with van der Waals surface area (Å²) in [4.78, 5) is 1.08. The zero-order valence-corrected chi connectivity index (χ0v) is 11.7. The fourth-order valence-corrected chi connectivity index (χ4v) is 3.27. The van der Waals surface area contributed by atoms with E-state index < -0.39 is 0 Å². The maximum absolute atomic E-state index is 9.33. The summed E-state index contributed by atoms with van der Waals surface area (Å²) in [5.41, 5.74) is 1.20. The summed E-state index contributed by atoms with van der Waals surface area (Å²) in [6.45, 7) is 2.28. The van der Waals surface area contributed by atoms with Crippen molar-refractivity contribution in [3.05, 3.63) is 60.2 Å². The second-order valence-electron chi connectivity index (χ2n) is 4.67. The Morgan fingerprint density at radius 3 is 2.21 bits per heavy atom. The van der Waals surface area contributed by atoms with E-state index in [0.717, 1.165) is 4.90 Å².